The van der Waals surface area contributed by atoms with Gasteiger partial charge in [0, 0.05) is 26.9 Å². The van der Waals surface area contributed by atoms with Crippen LogP contribution in [-0.4, -0.2) is 0 Å². The molecule has 0 unspecified atom stereocenters. The van der Waals surface area contributed by atoms with Crippen molar-refractivity contribution in [3.8, 4) is 22.3 Å². The van der Waals surface area contributed by atoms with Gasteiger partial charge in [0.15, 0.2) is 0 Å². The first kappa shape index (κ1) is 15.2. The Balaban J connectivity index is 1.84. The number of para-hydroxylation sites is 2. The molecule has 2 heteroatoms. The van der Waals surface area contributed by atoms with Crippen molar-refractivity contribution in [1.29, 1.82) is 0 Å². The van der Waals surface area contributed by atoms with Gasteiger partial charge < -0.3 is 4.42 Å². The Labute approximate surface area is 156 Å². The third-order valence-corrected chi connectivity index (χ3v) is 4.98. The van der Waals surface area contributed by atoms with E-state index >= 15 is 0 Å². The monoisotopic (exact) mass is 354 g/mol. The number of hydrogen-bond acceptors (Lipinski definition) is 1. The van der Waals surface area contributed by atoms with Crippen molar-refractivity contribution in [1.82, 2.24) is 0 Å². The second-order valence-electron chi connectivity index (χ2n) is 6.34. The number of halogens is 1. The van der Waals surface area contributed by atoms with Crippen molar-refractivity contribution in [3.63, 3.8) is 0 Å². The van der Waals surface area contributed by atoms with Crippen molar-refractivity contribution in [2.24, 2.45) is 0 Å². The molecule has 26 heavy (non-hydrogen) atoms. The minimum atomic E-state index is 0.723. The maximum Gasteiger partial charge on any atom is 0.143 e. The second kappa shape index (κ2) is 6.05. The summed E-state index contributed by atoms with van der Waals surface area (Å²) in [7, 11) is 0. The van der Waals surface area contributed by atoms with E-state index in [1.807, 2.05) is 36.4 Å². The molecular formula is C24H15ClO. The fourth-order valence-electron chi connectivity index (χ4n) is 3.55. The summed E-state index contributed by atoms with van der Waals surface area (Å²) in [5, 5.41) is 2.97. The molecule has 0 aliphatic rings. The number of fused-ring (bicyclic) bond motifs is 3. The van der Waals surface area contributed by atoms with Crippen molar-refractivity contribution < 1.29 is 4.42 Å². The second-order valence-corrected chi connectivity index (χ2v) is 6.78. The molecule has 1 nitrogen and oxygen atoms in total. The molecule has 0 amide bonds. The van der Waals surface area contributed by atoms with Gasteiger partial charge in [-0.1, -0.05) is 90.5 Å². The fraction of sp³-hybridized carbons (Fsp3) is 0. The first-order valence-corrected chi connectivity index (χ1v) is 8.95. The van der Waals surface area contributed by atoms with E-state index in [0.717, 1.165) is 49.2 Å². The van der Waals surface area contributed by atoms with Crippen LogP contribution in [0.1, 0.15) is 0 Å². The molecule has 1 heterocycles. The molecule has 0 saturated heterocycles. The van der Waals surface area contributed by atoms with Crippen LogP contribution < -0.4 is 0 Å². The van der Waals surface area contributed by atoms with Gasteiger partial charge >= 0.3 is 0 Å². The normalized spacial score (nSPS) is 11.3. The zero-order chi connectivity index (χ0) is 17.5. The van der Waals surface area contributed by atoms with Crippen LogP contribution in [0.5, 0.6) is 0 Å². The van der Waals surface area contributed by atoms with Crippen LogP contribution in [-0.2, 0) is 0 Å². The number of benzene rings is 4. The Hall–Kier alpha value is -3.03. The smallest absolute Gasteiger partial charge is 0.143 e. The van der Waals surface area contributed by atoms with Crippen LogP contribution in [0.15, 0.2) is 95.4 Å². The molecule has 0 saturated carbocycles. The van der Waals surface area contributed by atoms with Gasteiger partial charge in [0.05, 0.1) is 0 Å². The Morgan fingerprint density at radius 1 is 0.538 bits per heavy atom. The van der Waals surface area contributed by atoms with Gasteiger partial charge in [-0.15, -0.1) is 0 Å². The SMILES string of the molecule is Clc1cccc(-c2cccc3c2oc2c(-c4ccccc4)cccc23)c1. The highest BCUT2D eigenvalue weighted by atomic mass is 35.5. The number of furan rings is 1. The molecule has 1 aromatic heterocycles. The minimum absolute atomic E-state index is 0.723. The van der Waals surface area contributed by atoms with Crippen LogP contribution in [0.25, 0.3) is 44.2 Å². The molecule has 0 fully saturated rings. The molecule has 0 aliphatic heterocycles. The van der Waals surface area contributed by atoms with E-state index in [4.69, 9.17) is 16.0 Å². The van der Waals surface area contributed by atoms with E-state index in [0.29, 0.717) is 0 Å². The van der Waals surface area contributed by atoms with E-state index in [1.165, 1.54) is 0 Å². The van der Waals surface area contributed by atoms with Gasteiger partial charge in [0.2, 0.25) is 0 Å². The summed E-state index contributed by atoms with van der Waals surface area (Å²) < 4.78 is 6.42. The highest BCUT2D eigenvalue weighted by Crippen LogP contribution is 2.39. The van der Waals surface area contributed by atoms with Gasteiger partial charge in [-0.25, -0.2) is 0 Å². The zero-order valence-corrected chi connectivity index (χ0v) is 14.7. The molecule has 124 valence electrons. The highest BCUT2D eigenvalue weighted by molar-refractivity contribution is 6.31. The van der Waals surface area contributed by atoms with E-state index in [-0.39, 0.29) is 0 Å². The quantitative estimate of drug-likeness (QED) is 0.318. The Morgan fingerprint density at radius 3 is 1.77 bits per heavy atom. The average Bonchev–Trinajstić information content (AvgIpc) is 3.07. The number of rotatable bonds is 2. The largest absolute Gasteiger partial charge is 0.455 e. The molecule has 5 aromatic rings. The molecule has 4 aromatic carbocycles. The van der Waals surface area contributed by atoms with Crippen molar-refractivity contribution in [2.45, 2.75) is 0 Å². The summed E-state index contributed by atoms with van der Waals surface area (Å²) in [4.78, 5) is 0. The standard InChI is InChI=1S/C24H15ClO/c25-18-10-4-9-17(15-18)20-12-6-14-22-21-13-5-11-19(23(21)26-24(20)22)16-7-2-1-3-8-16/h1-15H. The molecule has 0 aliphatic carbocycles. The van der Waals surface area contributed by atoms with Crippen LogP contribution in [0, 0.1) is 0 Å². The Bertz CT molecular complexity index is 1240. The third kappa shape index (κ3) is 2.40. The van der Waals surface area contributed by atoms with Crippen LogP contribution in [0.2, 0.25) is 5.02 Å². The van der Waals surface area contributed by atoms with E-state index in [9.17, 15) is 0 Å². The molecule has 0 radical (unpaired) electrons. The van der Waals surface area contributed by atoms with Crippen molar-refractivity contribution in [2.75, 3.05) is 0 Å². The minimum Gasteiger partial charge on any atom is -0.455 e. The summed E-state index contributed by atoms with van der Waals surface area (Å²) >= 11 is 6.20. The van der Waals surface area contributed by atoms with Crippen LogP contribution in [0.4, 0.5) is 0 Å². The lowest BCUT2D eigenvalue weighted by molar-refractivity contribution is 0.671. The maximum absolute atomic E-state index is 6.42. The summed E-state index contributed by atoms with van der Waals surface area (Å²) in [5.41, 5.74) is 6.19. The summed E-state index contributed by atoms with van der Waals surface area (Å²) in [6.45, 7) is 0. The van der Waals surface area contributed by atoms with Crippen molar-refractivity contribution >= 4 is 33.5 Å². The lowest BCUT2D eigenvalue weighted by Gasteiger charge is -2.03. The lowest BCUT2D eigenvalue weighted by atomic mass is 10.0. The highest BCUT2D eigenvalue weighted by Gasteiger charge is 2.15. The first-order valence-electron chi connectivity index (χ1n) is 8.57. The molecule has 0 atom stereocenters. The molecule has 0 N–H and O–H groups in total. The molecule has 0 bridgehead atoms. The maximum atomic E-state index is 6.42. The van der Waals surface area contributed by atoms with Gasteiger partial charge in [-0.05, 0) is 23.3 Å². The van der Waals surface area contributed by atoms with E-state index in [1.54, 1.807) is 0 Å². The summed E-state index contributed by atoms with van der Waals surface area (Å²) in [6, 6.07) is 30.8. The predicted octanol–water partition coefficient (Wildman–Crippen LogP) is 7.57. The predicted molar refractivity (Wildman–Crippen MR) is 110 cm³/mol. The molecule has 0 spiro atoms. The third-order valence-electron chi connectivity index (χ3n) is 4.74. The first-order chi connectivity index (χ1) is 12.8. The molecule has 5 rings (SSSR count). The fourth-order valence-corrected chi connectivity index (χ4v) is 3.74. The van der Waals surface area contributed by atoms with E-state index in [2.05, 4.69) is 54.6 Å². The van der Waals surface area contributed by atoms with Gasteiger partial charge in [0.25, 0.3) is 0 Å². The van der Waals surface area contributed by atoms with Gasteiger partial charge in [-0.2, -0.15) is 0 Å². The van der Waals surface area contributed by atoms with Gasteiger partial charge in [-0.3, -0.25) is 0 Å². The Kier molecular flexibility index (Phi) is 3.55. The van der Waals surface area contributed by atoms with Gasteiger partial charge in [0.1, 0.15) is 11.2 Å². The van der Waals surface area contributed by atoms with E-state index < -0.39 is 0 Å². The molecular weight excluding hydrogens is 340 g/mol. The zero-order valence-electron chi connectivity index (χ0n) is 13.9. The average molecular weight is 355 g/mol. The lowest BCUT2D eigenvalue weighted by Crippen LogP contribution is -1.78. The van der Waals surface area contributed by atoms with Crippen molar-refractivity contribution in [3.05, 3.63) is 96.0 Å². The Morgan fingerprint density at radius 2 is 1.12 bits per heavy atom. The van der Waals surface area contributed by atoms with Crippen LogP contribution in [0.3, 0.4) is 0 Å². The summed E-state index contributed by atoms with van der Waals surface area (Å²) in [5.74, 6) is 0. The topological polar surface area (TPSA) is 13.1 Å². The van der Waals surface area contributed by atoms with Crippen LogP contribution >= 0.6 is 11.6 Å². The number of hydrogen-bond donors (Lipinski definition) is 0. The summed E-state index contributed by atoms with van der Waals surface area (Å²) in [6.07, 6.45) is 0.